The minimum absolute atomic E-state index is 0.0451. The number of nitrogens with zero attached hydrogens (tertiary/aromatic N) is 2. The SMILES string of the molecule is CCOc1ccc(/C(O)=C2/C(=O)C(=O)N(c3ccc(Cl)cc3)C2c2ccncc2)c(OCC)c1. The number of carbonyl (C=O) groups excluding carboxylic acids is 2. The normalized spacial score (nSPS) is 17.1. The number of halogens is 1. The number of hydrogen-bond donors (Lipinski definition) is 1. The van der Waals surface area contributed by atoms with Crippen molar-refractivity contribution in [3.05, 3.63) is 88.7 Å². The van der Waals surface area contributed by atoms with Gasteiger partial charge in [0.2, 0.25) is 0 Å². The summed E-state index contributed by atoms with van der Waals surface area (Å²) in [5.41, 5.74) is 1.34. The fraction of sp³-hybridized carbons (Fsp3) is 0.192. The van der Waals surface area contributed by atoms with Gasteiger partial charge in [-0.3, -0.25) is 19.5 Å². The van der Waals surface area contributed by atoms with E-state index >= 15 is 0 Å². The first-order chi connectivity index (χ1) is 16.5. The lowest BCUT2D eigenvalue weighted by molar-refractivity contribution is -0.132. The molecule has 0 radical (unpaired) electrons. The van der Waals surface area contributed by atoms with Gasteiger partial charge >= 0.3 is 0 Å². The number of benzene rings is 2. The zero-order chi connectivity index (χ0) is 24.2. The summed E-state index contributed by atoms with van der Waals surface area (Å²) < 4.78 is 11.3. The molecule has 0 saturated carbocycles. The highest BCUT2D eigenvalue weighted by Gasteiger charge is 2.47. The van der Waals surface area contributed by atoms with Crippen molar-refractivity contribution in [2.75, 3.05) is 18.1 Å². The van der Waals surface area contributed by atoms with Crippen molar-refractivity contribution < 1.29 is 24.2 Å². The summed E-state index contributed by atoms with van der Waals surface area (Å²) in [7, 11) is 0. The number of ether oxygens (including phenoxy) is 2. The largest absolute Gasteiger partial charge is 0.507 e. The van der Waals surface area contributed by atoms with E-state index in [-0.39, 0.29) is 11.3 Å². The average Bonchev–Trinajstić information content (AvgIpc) is 3.11. The van der Waals surface area contributed by atoms with Crippen LogP contribution in [0.5, 0.6) is 11.5 Å². The Morgan fingerprint density at radius 1 is 1.00 bits per heavy atom. The second-order valence-corrected chi connectivity index (χ2v) is 7.89. The fourth-order valence-corrected chi connectivity index (χ4v) is 4.06. The van der Waals surface area contributed by atoms with Crippen LogP contribution in [0.15, 0.2) is 72.6 Å². The Morgan fingerprint density at radius 3 is 2.32 bits per heavy atom. The molecule has 8 heteroatoms. The van der Waals surface area contributed by atoms with Gasteiger partial charge in [0, 0.05) is 29.2 Å². The molecule has 0 spiro atoms. The number of rotatable bonds is 7. The van der Waals surface area contributed by atoms with Gasteiger partial charge in [-0.15, -0.1) is 0 Å². The molecule has 0 aliphatic carbocycles. The summed E-state index contributed by atoms with van der Waals surface area (Å²) in [6.45, 7) is 4.47. The van der Waals surface area contributed by atoms with Gasteiger partial charge in [-0.2, -0.15) is 0 Å². The monoisotopic (exact) mass is 478 g/mol. The molecule has 2 heterocycles. The number of aliphatic hydroxyl groups is 1. The first kappa shape index (κ1) is 23.3. The molecule has 1 aromatic heterocycles. The highest BCUT2D eigenvalue weighted by molar-refractivity contribution is 6.51. The second kappa shape index (κ2) is 9.97. The molecule has 1 atom stereocenters. The summed E-state index contributed by atoms with van der Waals surface area (Å²) in [5.74, 6) is -0.977. The van der Waals surface area contributed by atoms with Crippen LogP contribution in [-0.2, 0) is 9.59 Å². The van der Waals surface area contributed by atoms with Gasteiger partial charge in [-0.25, -0.2) is 0 Å². The van der Waals surface area contributed by atoms with Crippen molar-refractivity contribution in [3.8, 4) is 11.5 Å². The third-order valence-corrected chi connectivity index (χ3v) is 5.64. The third kappa shape index (κ3) is 4.34. The number of pyridine rings is 1. The van der Waals surface area contributed by atoms with E-state index < -0.39 is 17.7 Å². The molecule has 1 amide bonds. The Hall–Kier alpha value is -3.84. The van der Waals surface area contributed by atoms with E-state index in [2.05, 4.69) is 4.98 Å². The van der Waals surface area contributed by atoms with Crippen LogP contribution in [0.1, 0.15) is 31.0 Å². The van der Waals surface area contributed by atoms with Crippen LogP contribution in [-0.4, -0.2) is 35.0 Å². The van der Waals surface area contributed by atoms with E-state index in [0.717, 1.165) is 0 Å². The maximum atomic E-state index is 13.3. The van der Waals surface area contributed by atoms with Crippen LogP contribution in [0.3, 0.4) is 0 Å². The molecule has 2 aromatic carbocycles. The Bertz CT molecular complexity index is 1240. The van der Waals surface area contributed by atoms with Gasteiger partial charge in [-0.05, 0) is 67.9 Å². The lowest BCUT2D eigenvalue weighted by atomic mass is 9.95. The molecular weight excluding hydrogens is 456 g/mol. The molecule has 1 N–H and O–H groups in total. The molecule has 1 unspecified atom stereocenters. The quantitative estimate of drug-likeness (QED) is 0.286. The second-order valence-electron chi connectivity index (χ2n) is 7.45. The minimum Gasteiger partial charge on any atom is -0.507 e. The molecule has 34 heavy (non-hydrogen) atoms. The molecule has 1 aliphatic rings. The predicted octanol–water partition coefficient (Wildman–Crippen LogP) is 5.16. The van der Waals surface area contributed by atoms with Gasteiger partial charge in [-0.1, -0.05) is 11.6 Å². The van der Waals surface area contributed by atoms with E-state index in [9.17, 15) is 14.7 Å². The number of aromatic nitrogens is 1. The average molecular weight is 479 g/mol. The van der Waals surface area contributed by atoms with Crippen LogP contribution in [0.2, 0.25) is 5.02 Å². The van der Waals surface area contributed by atoms with Crippen molar-refractivity contribution in [2.45, 2.75) is 19.9 Å². The molecule has 3 aromatic rings. The van der Waals surface area contributed by atoms with E-state index in [4.69, 9.17) is 21.1 Å². The summed E-state index contributed by atoms with van der Waals surface area (Å²) >= 11 is 6.03. The highest BCUT2D eigenvalue weighted by Crippen LogP contribution is 2.43. The van der Waals surface area contributed by atoms with Crippen LogP contribution in [0, 0.1) is 0 Å². The van der Waals surface area contributed by atoms with Gasteiger partial charge in [0.25, 0.3) is 11.7 Å². The van der Waals surface area contributed by atoms with Crippen LogP contribution in [0.4, 0.5) is 5.69 Å². The molecule has 174 valence electrons. The number of amides is 1. The molecule has 1 aliphatic heterocycles. The van der Waals surface area contributed by atoms with Crippen molar-refractivity contribution in [3.63, 3.8) is 0 Å². The van der Waals surface area contributed by atoms with E-state index in [1.54, 1.807) is 67.0 Å². The van der Waals surface area contributed by atoms with E-state index in [0.29, 0.717) is 46.5 Å². The molecular formula is C26H23ClN2O5. The molecule has 0 bridgehead atoms. The van der Waals surface area contributed by atoms with Crippen LogP contribution >= 0.6 is 11.6 Å². The van der Waals surface area contributed by atoms with Crippen LogP contribution in [0.25, 0.3) is 5.76 Å². The summed E-state index contributed by atoms with van der Waals surface area (Å²) in [4.78, 5) is 31.9. The van der Waals surface area contributed by atoms with Crippen molar-refractivity contribution in [2.24, 2.45) is 0 Å². The van der Waals surface area contributed by atoms with Crippen molar-refractivity contribution >= 4 is 34.7 Å². The van der Waals surface area contributed by atoms with Gasteiger partial charge in [0.15, 0.2) is 0 Å². The molecule has 7 nitrogen and oxygen atoms in total. The first-order valence-corrected chi connectivity index (χ1v) is 11.2. The molecule has 4 rings (SSSR count). The maximum absolute atomic E-state index is 13.3. The Labute approximate surface area is 202 Å². The number of hydrogen-bond acceptors (Lipinski definition) is 6. The van der Waals surface area contributed by atoms with Crippen molar-refractivity contribution in [1.82, 2.24) is 4.98 Å². The number of ketones is 1. The summed E-state index contributed by atoms with van der Waals surface area (Å²) in [6, 6.07) is 14.1. The van der Waals surface area contributed by atoms with Gasteiger partial charge in [0.05, 0.1) is 30.4 Å². The minimum atomic E-state index is -0.870. The van der Waals surface area contributed by atoms with Gasteiger partial charge in [0.1, 0.15) is 17.3 Å². The smallest absolute Gasteiger partial charge is 0.300 e. The van der Waals surface area contributed by atoms with Gasteiger partial charge < -0.3 is 14.6 Å². The Kier molecular flexibility index (Phi) is 6.84. The Balaban J connectivity index is 1.92. The third-order valence-electron chi connectivity index (χ3n) is 5.39. The molecule has 1 fully saturated rings. The van der Waals surface area contributed by atoms with E-state index in [1.807, 2.05) is 13.8 Å². The summed E-state index contributed by atoms with van der Waals surface area (Å²) in [5, 5.41) is 11.9. The number of Topliss-reactive ketones (excluding diaryl/α,β-unsaturated/α-hetero) is 1. The molecule has 1 saturated heterocycles. The number of carbonyl (C=O) groups is 2. The zero-order valence-corrected chi connectivity index (χ0v) is 19.5. The van der Waals surface area contributed by atoms with Crippen molar-refractivity contribution in [1.29, 1.82) is 0 Å². The van der Waals surface area contributed by atoms with E-state index in [1.165, 1.54) is 4.90 Å². The number of aliphatic hydroxyl groups excluding tert-OH is 1. The lowest BCUT2D eigenvalue weighted by Gasteiger charge is -2.25. The maximum Gasteiger partial charge on any atom is 0.300 e. The van der Waals surface area contributed by atoms with Crippen LogP contribution < -0.4 is 14.4 Å². The standard InChI is InChI=1S/C26H23ClN2O5/c1-3-33-19-9-10-20(21(15-19)34-4-2)24(30)22-23(16-11-13-28-14-12-16)29(26(32)25(22)31)18-7-5-17(27)6-8-18/h5-15,23,30H,3-4H2,1-2H3/b24-22-. The highest BCUT2D eigenvalue weighted by atomic mass is 35.5. The topological polar surface area (TPSA) is 89.0 Å². The zero-order valence-electron chi connectivity index (χ0n) is 18.7. The Morgan fingerprint density at radius 2 is 1.68 bits per heavy atom. The lowest BCUT2D eigenvalue weighted by Crippen LogP contribution is -2.29. The fourth-order valence-electron chi connectivity index (χ4n) is 3.94. The summed E-state index contributed by atoms with van der Waals surface area (Å²) in [6.07, 6.45) is 3.14. The predicted molar refractivity (Wildman–Crippen MR) is 129 cm³/mol. The number of anilines is 1. The first-order valence-electron chi connectivity index (χ1n) is 10.8.